The Morgan fingerprint density at radius 3 is 2.56 bits per heavy atom. The van der Waals surface area contributed by atoms with Gasteiger partial charge in [0.2, 0.25) is 0 Å². The topological polar surface area (TPSA) is 58.6 Å². The summed E-state index contributed by atoms with van der Waals surface area (Å²) in [5.74, 6) is -0.796. The molecule has 176 valence electrons. The lowest BCUT2D eigenvalue weighted by Gasteiger charge is -2.15. The number of allylic oxidation sites excluding steroid dienone is 1. The molecule has 0 aromatic heterocycles. The Bertz CT molecular complexity index is 1200. The van der Waals surface area contributed by atoms with E-state index in [0.29, 0.717) is 36.6 Å². The number of rotatable bonds is 8. The predicted octanol–water partition coefficient (Wildman–Crippen LogP) is 6.20. The first kappa shape index (κ1) is 23.6. The minimum atomic E-state index is -4.43. The summed E-state index contributed by atoms with van der Waals surface area (Å²) >= 11 is 0. The molecule has 1 aliphatic rings. The standard InChI is InChI=1S/C27H24F3NO3/c28-27(29,30)23-10-8-18(9-11-23)21-14-22(26(32)33)16-24(15-21)34-13-12-31-17-20-6-3-5-19-4-1-2-7-25(19)20/h2-3,5-11,14-16,31H,1,4,12-13,17H2,(H,32,33). The number of carbonyl (C=O) groups is 1. The third-order valence-electron chi connectivity index (χ3n) is 5.71. The van der Waals surface area contributed by atoms with Crippen molar-refractivity contribution in [3.05, 3.63) is 94.6 Å². The summed E-state index contributed by atoms with van der Waals surface area (Å²) in [6, 6.07) is 15.4. The lowest BCUT2D eigenvalue weighted by Crippen LogP contribution is -2.21. The number of benzene rings is 3. The number of carboxylic acids is 1. The van der Waals surface area contributed by atoms with Crippen molar-refractivity contribution in [2.24, 2.45) is 0 Å². The lowest BCUT2D eigenvalue weighted by atomic mass is 9.93. The van der Waals surface area contributed by atoms with Gasteiger partial charge in [-0.1, -0.05) is 42.5 Å². The van der Waals surface area contributed by atoms with Gasteiger partial charge in [-0.15, -0.1) is 0 Å². The van der Waals surface area contributed by atoms with Gasteiger partial charge in [0.15, 0.2) is 0 Å². The molecule has 0 saturated carbocycles. The summed E-state index contributed by atoms with van der Waals surface area (Å²) in [5, 5.41) is 12.8. The molecular formula is C27H24F3NO3. The average molecular weight is 467 g/mol. The minimum absolute atomic E-state index is 0.00283. The summed E-state index contributed by atoms with van der Waals surface area (Å²) in [7, 11) is 0. The molecule has 0 aliphatic heterocycles. The maximum absolute atomic E-state index is 12.8. The molecule has 0 saturated heterocycles. The van der Waals surface area contributed by atoms with E-state index in [1.54, 1.807) is 6.07 Å². The Balaban J connectivity index is 1.40. The van der Waals surface area contributed by atoms with Crippen LogP contribution in [0.4, 0.5) is 13.2 Å². The zero-order valence-corrected chi connectivity index (χ0v) is 18.4. The highest BCUT2D eigenvalue weighted by Crippen LogP contribution is 2.32. The van der Waals surface area contributed by atoms with E-state index < -0.39 is 17.7 Å². The Morgan fingerprint density at radius 2 is 1.82 bits per heavy atom. The van der Waals surface area contributed by atoms with Gasteiger partial charge in [-0.3, -0.25) is 0 Å². The fraction of sp³-hybridized carbons (Fsp3) is 0.222. The molecular weight excluding hydrogens is 443 g/mol. The van der Waals surface area contributed by atoms with Gasteiger partial charge in [-0.25, -0.2) is 4.79 Å². The van der Waals surface area contributed by atoms with Crippen molar-refractivity contribution in [2.45, 2.75) is 25.6 Å². The van der Waals surface area contributed by atoms with Crippen LogP contribution in [-0.4, -0.2) is 24.2 Å². The predicted molar refractivity (Wildman–Crippen MR) is 125 cm³/mol. The molecule has 7 heteroatoms. The van der Waals surface area contributed by atoms with Crippen molar-refractivity contribution in [3.63, 3.8) is 0 Å². The van der Waals surface area contributed by atoms with Crippen molar-refractivity contribution < 1.29 is 27.8 Å². The first-order valence-corrected chi connectivity index (χ1v) is 11.0. The second-order valence-corrected chi connectivity index (χ2v) is 8.08. The Morgan fingerprint density at radius 1 is 1.03 bits per heavy atom. The fourth-order valence-corrected chi connectivity index (χ4v) is 3.98. The normalized spacial score (nSPS) is 12.9. The molecule has 4 rings (SSSR count). The third-order valence-corrected chi connectivity index (χ3v) is 5.71. The highest BCUT2D eigenvalue weighted by atomic mass is 19.4. The molecule has 3 aromatic rings. The minimum Gasteiger partial charge on any atom is -0.492 e. The second-order valence-electron chi connectivity index (χ2n) is 8.08. The van der Waals surface area contributed by atoms with Crippen molar-refractivity contribution in [3.8, 4) is 16.9 Å². The summed E-state index contributed by atoms with van der Waals surface area (Å²) in [4.78, 5) is 11.6. The Hall–Kier alpha value is -3.58. The van der Waals surface area contributed by atoms with E-state index in [-0.39, 0.29) is 5.56 Å². The smallest absolute Gasteiger partial charge is 0.416 e. The van der Waals surface area contributed by atoms with E-state index in [1.165, 1.54) is 41.0 Å². The number of carboxylic acid groups (broad SMARTS) is 1. The maximum atomic E-state index is 12.8. The van der Waals surface area contributed by atoms with E-state index >= 15 is 0 Å². The SMILES string of the molecule is O=C(O)c1cc(OCCNCc2cccc3c2C=CCC3)cc(-c2ccc(C(F)(F)F)cc2)c1. The number of ether oxygens (including phenoxy) is 1. The molecule has 3 aromatic carbocycles. The van der Waals surface area contributed by atoms with Crippen molar-refractivity contribution in [2.75, 3.05) is 13.2 Å². The highest BCUT2D eigenvalue weighted by Gasteiger charge is 2.30. The molecule has 4 nitrogen and oxygen atoms in total. The first-order valence-electron chi connectivity index (χ1n) is 11.0. The average Bonchev–Trinajstić information content (AvgIpc) is 2.83. The van der Waals surface area contributed by atoms with Crippen molar-refractivity contribution in [1.82, 2.24) is 5.32 Å². The van der Waals surface area contributed by atoms with Crippen LogP contribution in [0.3, 0.4) is 0 Å². The monoisotopic (exact) mass is 467 g/mol. The number of alkyl halides is 3. The molecule has 0 radical (unpaired) electrons. The van der Waals surface area contributed by atoms with Crippen LogP contribution >= 0.6 is 0 Å². The van der Waals surface area contributed by atoms with Gasteiger partial charge < -0.3 is 15.2 Å². The van der Waals surface area contributed by atoms with Crippen LogP contribution in [0.2, 0.25) is 0 Å². The van der Waals surface area contributed by atoms with Crippen molar-refractivity contribution in [1.29, 1.82) is 0 Å². The summed E-state index contributed by atoms with van der Waals surface area (Å²) in [5.41, 5.74) is 4.01. The number of hydrogen-bond donors (Lipinski definition) is 2. The molecule has 0 spiro atoms. The van der Waals surface area contributed by atoms with Crippen LogP contribution in [0.1, 0.15) is 39.0 Å². The van der Waals surface area contributed by atoms with Gasteiger partial charge >= 0.3 is 12.1 Å². The molecule has 34 heavy (non-hydrogen) atoms. The number of aromatic carboxylic acids is 1. The molecule has 1 aliphatic carbocycles. The van der Waals surface area contributed by atoms with E-state index in [9.17, 15) is 23.1 Å². The number of nitrogens with one attached hydrogen (secondary N) is 1. The van der Waals surface area contributed by atoms with Crippen LogP contribution in [0, 0.1) is 0 Å². The van der Waals surface area contributed by atoms with Gasteiger partial charge in [-0.2, -0.15) is 13.2 Å². The van der Waals surface area contributed by atoms with Gasteiger partial charge in [0.1, 0.15) is 12.4 Å². The molecule has 0 bridgehead atoms. The van der Waals surface area contributed by atoms with Crippen LogP contribution in [0.15, 0.2) is 66.7 Å². The van der Waals surface area contributed by atoms with Gasteiger partial charge in [-0.05, 0) is 71.0 Å². The van der Waals surface area contributed by atoms with E-state index in [4.69, 9.17) is 4.74 Å². The Labute approximate surface area is 195 Å². The van der Waals surface area contributed by atoms with Gasteiger partial charge in [0.05, 0.1) is 11.1 Å². The molecule has 0 unspecified atom stereocenters. The van der Waals surface area contributed by atoms with Gasteiger partial charge in [0, 0.05) is 13.1 Å². The quantitative estimate of drug-likeness (QED) is 0.388. The van der Waals surface area contributed by atoms with Crippen molar-refractivity contribution >= 4 is 12.0 Å². The summed E-state index contributed by atoms with van der Waals surface area (Å²) < 4.78 is 44.3. The number of aryl methyl sites for hydroxylation is 1. The number of fused-ring (bicyclic) bond motifs is 1. The molecule has 0 heterocycles. The molecule has 0 atom stereocenters. The second kappa shape index (κ2) is 10.1. The van der Waals surface area contributed by atoms with Crippen LogP contribution in [0.5, 0.6) is 5.75 Å². The van der Waals surface area contributed by atoms with E-state index in [0.717, 1.165) is 25.0 Å². The number of halogens is 3. The summed E-state index contributed by atoms with van der Waals surface area (Å²) in [6.07, 6.45) is 2.01. The van der Waals surface area contributed by atoms with Crippen LogP contribution < -0.4 is 10.1 Å². The fourth-order valence-electron chi connectivity index (χ4n) is 3.98. The molecule has 0 amide bonds. The van der Waals surface area contributed by atoms with Crippen LogP contribution in [0.25, 0.3) is 17.2 Å². The first-order chi connectivity index (χ1) is 16.3. The number of hydrogen-bond acceptors (Lipinski definition) is 3. The van der Waals surface area contributed by atoms with Gasteiger partial charge in [0.25, 0.3) is 0 Å². The maximum Gasteiger partial charge on any atom is 0.416 e. The molecule has 2 N–H and O–H groups in total. The van der Waals surface area contributed by atoms with Crippen LogP contribution in [-0.2, 0) is 19.1 Å². The Kier molecular flexibility index (Phi) is 7.03. The largest absolute Gasteiger partial charge is 0.492 e. The zero-order valence-electron chi connectivity index (χ0n) is 18.4. The molecule has 0 fully saturated rings. The lowest BCUT2D eigenvalue weighted by molar-refractivity contribution is -0.137. The zero-order chi connectivity index (χ0) is 24.1. The van der Waals surface area contributed by atoms with E-state index in [1.807, 2.05) is 0 Å². The van der Waals surface area contributed by atoms with E-state index in [2.05, 4.69) is 35.7 Å². The summed E-state index contributed by atoms with van der Waals surface area (Å²) in [6.45, 7) is 1.53. The third kappa shape index (κ3) is 5.66. The highest BCUT2D eigenvalue weighted by molar-refractivity contribution is 5.90.